The molecule has 0 aliphatic heterocycles. The van der Waals surface area contributed by atoms with Crippen molar-refractivity contribution in [1.82, 2.24) is 15.0 Å². The first-order chi connectivity index (χ1) is 15.6. The fourth-order valence-electron chi connectivity index (χ4n) is 2.65. The van der Waals surface area contributed by atoms with Crippen LogP contribution in [0.1, 0.15) is 15.9 Å². The molecule has 11 nitrogen and oxygen atoms in total. The zero-order chi connectivity index (χ0) is 24.6. The number of carbonyl (C=O) groups is 2. The van der Waals surface area contributed by atoms with Crippen molar-refractivity contribution in [1.29, 1.82) is 0 Å². The van der Waals surface area contributed by atoms with Gasteiger partial charge in [-0.1, -0.05) is 0 Å². The molecule has 0 bridgehead atoms. The highest BCUT2D eigenvalue weighted by atomic mass is 32.2. The van der Waals surface area contributed by atoms with Gasteiger partial charge in [-0.3, -0.25) is 9.59 Å². The zero-order valence-corrected chi connectivity index (χ0v) is 19.7. The Balaban J connectivity index is 1.94. The summed E-state index contributed by atoms with van der Waals surface area (Å²) >= 11 is 0. The van der Waals surface area contributed by atoms with Gasteiger partial charge in [-0.15, -0.1) is 0 Å². The van der Waals surface area contributed by atoms with Crippen LogP contribution in [0, 0.1) is 0 Å². The maximum Gasteiger partial charge on any atom is 0.259 e. The van der Waals surface area contributed by atoms with Gasteiger partial charge >= 0.3 is 0 Å². The Morgan fingerprint density at radius 2 is 1.58 bits per heavy atom. The van der Waals surface area contributed by atoms with Crippen molar-refractivity contribution in [3.63, 3.8) is 0 Å². The standard InChI is InChI=1S/C21H26N4O7S/c1-25(2)33(28,29)16-8-6-15(7-9-16)21(27)22-13-19(26)24-23-12-14-10-17(30-3)20(32-5)18(11-14)31-4/h6-12H,13H2,1-5H3,(H,22,27)(H,24,26)/b23-12+. The Labute approximate surface area is 192 Å². The number of sulfonamides is 1. The van der Waals surface area contributed by atoms with Crippen molar-refractivity contribution in [2.75, 3.05) is 42.0 Å². The minimum absolute atomic E-state index is 0.0583. The highest BCUT2D eigenvalue weighted by Gasteiger charge is 2.17. The normalized spacial score (nSPS) is 11.3. The van der Waals surface area contributed by atoms with Gasteiger partial charge in [-0.25, -0.2) is 18.1 Å². The molecule has 2 amide bonds. The maximum absolute atomic E-state index is 12.2. The van der Waals surface area contributed by atoms with E-state index in [1.165, 1.54) is 65.9 Å². The van der Waals surface area contributed by atoms with E-state index in [1.54, 1.807) is 12.1 Å². The molecule has 33 heavy (non-hydrogen) atoms. The van der Waals surface area contributed by atoms with Gasteiger partial charge in [-0.2, -0.15) is 5.10 Å². The lowest BCUT2D eigenvalue weighted by molar-refractivity contribution is -0.120. The van der Waals surface area contributed by atoms with Crippen LogP contribution in [0.4, 0.5) is 0 Å². The van der Waals surface area contributed by atoms with Crippen molar-refractivity contribution >= 4 is 28.1 Å². The summed E-state index contributed by atoms with van der Waals surface area (Å²) in [6, 6.07) is 8.69. The number of hydrazone groups is 1. The first kappa shape index (κ1) is 25.6. The number of amides is 2. The van der Waals surface area contributed by atoms with Crippen LogP contribution in [0.2, 0.25) is 0 Å². The Hall–Kier alpha value is -3.64. The number of hydrogen-bond acceptors (Lipinski definition) is 8. The van der Waals surface area contributed by atoms with Gasteiger partial charge in [0.2, 0.25) is 15.8 Å². The lowest BCUT2D eigenvalue weighted by Crippen LogP contribution is -2.35. The first-order valence-corrected chi connectivity index (χ1v) is 11.0. The van der Waals surface area contributed by atoms with Crippen LogP contribution in [0.3, 0.4) is 0 Å². The SMILES string of the molecule is COc1cc(/C=N/NC(=O)CNC(=O)c2ccc(S(=O)(=O)N(C)C)cc2)cc(OC)c1OC. The lowest BCUT2D eigenvalue weighted by Gasteiger charge is -2.12. The van der Waals surface area contributed by atoms with Gasteiger partial charge in [0.05, 0.1) is 39.0 Å². The number of carbonyl (C=O) groups excluding carboxylic acids is 2. The quantitative estimate of drug-likeness (QED) is 0.382. The van der Waals surface area contributed by atoms with Crippen LogP contribution >= 0.6 is 0 Å². The molecule has 2 rings (SSSR count). The number of hydrogen-bond donors (Lipinski definition) is 2. The molecule has 0 aromatic heterocycles. The molecule has 0 atom stereocenters. The summed E-state index contributed by atoms with van der Waals surface area (Å²) < 4.78 is 41.0. The van der Waals surface area contributed by atoms with Crippen LogP contribution in [-0.2, 0) is 14.8 Å². The minimum atomic E-state index is -3.59. The Bertz CT molecular complexity index is 1100. The molecular formula is C21H26N4O7S. The topological polar surface area (TPSA) is 136 Å². The van der Waals surface area contributed by atoms with E-state index in [1.807, 2.05) is 0 Å². The number of rotatable bonds is 10. The summed E-state index contributed by atoms with van der Waals surface area (Å²) in [7, 11) is 3.69. The molecule has 0 spiro atoms. The summed E-state index contributed by atoms with van der Waals surface area (Å²) in [5.74, 6) is 0.199. The number of benzene rings is 2. The van der Waals surface area contributed by atoms with E-state index in [4.69, 9.17) is 14.2 Å². The van der Waals surface area contributed by atoms with Crippen LogP contribution in [0.25, 0.3) is 0 Å². The smallest absolute Gasteiger partial charge is 0.259 e. The Kier molecular flexibility index (Phi) is 8.77. The van der Waals surface area contributed by atoms with E-state index in [0.29, 0.717) is 22.8 Å². The van der Waals surface area contributed by atoms with E-state index >= 15 is 0 Å². The molecule has 0 radical (unpaired) electrons. The largest absolute Gasteiger partial charge is 0.493 e. The number of nitrogens with one attached hydrogen (secondary N) is 2. The van der Waals surface area contributed by atoms with Gasteiger partial charge in [-0.05, 0) is 36.4 Å². The van der Waals surface area contributed by atoms with E-state index in [0.717, 1.165) is 4.31 Å². The Morgan fingerprint density at radius 1 is 1.00 bits per heavy atom. The van der Waals surface area contributed by atoms with Crippen LogP contribution in [0.15, 0.2) is 46.4 Å². The summed E-state index contributed by atoms with van der Waals surface area (Å²) in [4.78, 5) is 24.3. The second kappa shape index (κ2) is 11.3. The van der Waals surface area contributed by atoms with Gasteiger partial charge in [0.1, 0.15) is 0 Å². The van der Waals surface area contributed by atoms with Gasteiger partial charge in [0, 0.05) is 25.2 Å². The molecule has 0 saturated heterocycles. The molecule has 2 aromatic rings. The maximum atomic E-state index is 12.2. The average molecular weight is 479 g/mol. The third kappa shape index (κ3) is 6.43. The second-order valence-electron chi connectivity index (χ2n) is 6.75. The zero-order valence-electron chi connectivity index (χ0n) is 18.9. The first-order valence-electron chi connectivity index (χ1n) is 9.56. The highest BCUT2D eigenvalue weighted by molar-refractivity contribution is 7.89. The molecule has 0 heterocycles. The lowest BCUT2D eigenvalue weighted by atomic mass is 10.2. The fraction of sp³-hybridized carbons (Fsp3) is 0.286. The number of nitrogens with zero attached hydrogens (tertiary/aromatic N) is 2. The summed E-state index contributed by atoms with van der Waals surface area (Å²) in [5.41, 5.74) is 3.10. The molecule has 0 fully saturated rings. The van der Waals surface area contributed by atoms with Crippen LogP contribution < -0.4 is 25.0 Å². The van der Waals surface area contributed by atoms with Gasteiger partial charge in [0.15, 0.2) is 11.5 Å². The van der Waals surface area contributed by atoms with Crippen molar-refractivity contribution in [3.05, 3.63) is 47.5 Å². The molecule has 12 heteroatoms. The molecule has 0 saturated carbocycles. The van der Waals surface area contributed by atoms with E-state index < -0.39 is 21.8 Å². The average Bonchev–Trinajstić information content (AvgIpc) is 2.81. The summed E-state index contributed by atoms with van der Waals surface area (Å²) in [6.45, 7) is -0.330. The van der Waals surface area contributed by atoms with Crippen LogP contribution in [0.5, 0.6) is 17.2 Å². The van der Waals surface area contributed by atoms with Crippen molar-refractivity contribution in [2.45, 2.75) is 4.90 Å². The molecule has 2 N–H and O–H groups in total. The van der Waals surface area contributed by atoms with Crippen molar-refractivity contribution < 1.29 is 32.2 Å². The number of ether oxygens (including phenoxy) is 3. The van der Waals surface area contributed by atoms with E-state index in [-0.39, 0.29) is 17.0 Å². The van der Waals surface area contributed by atoms with Crippen molar-refractivity contribution in [3.8, 4) is 17.2 Å². The van der Waals surface area contributed by atoms with Gasteiger partial charge < -0.3 is 19.5 Å². The molecular weight excluding hydrogens is 452 g/mol. The summed E-state index contributed by atoms with van der Waals surface area (Å²) in [5, 5.41) is 6.29. The van der Waals surface area contributed by atoms with Crippen LogP contribution in [-0.4, -0.2) is 72.7 Å². The molecule has 0 aliphatic carbocycles. The molecule has 178 valence electrons. The van der Waals surface area contributed by atoms with E-state index in [2.05, 4.69) is 15.8 Å². The molecule has 2 aromatic carbocycles. The second-order valence-corrected chi connectivity index (χ2v) is 8.90. The third-order valence-corrected chi connectivity index (χ3v) is 6.22. The monoisotopic (exact) mass is 478 g/mol. The minimum Gasteiger partial charge on any atom is -0.493 e. The Morgan fingerprint density at radius 3 is 2.06 bits per heavy atom. The summed E-state index contributed by atoms with van der Waals surface area (Å²) in [6.07, 6.45) is 1.38. The van der Waals surface area contributed by atoms with Crippen molar-refractivity contribution in [2.24, 2.45) is 5.10 Å². The predicted molar refractivity (Wildman–Crippen MR) is 121 cm³/mol. The fourth-order valence-corrected chi connectivity index (χ4v) is 3.55. The van der Waals surface area contributed by atoms with E-state index in [9.17, 15) is 18.0 Å². The molecule has 0 aliphatic rings. The predicted octanol–water partition coefficient (Wildman–Crippen LogP) is 0.843. The third-order valence-electron chi connectivity index (χ3n) is 4.39. The number of methoxy groups -OCH3 is 3. The molecule has 0 unspecified atom stereocenters. The van der Waals surface area contributed by atoms with Gasteiger partial charge in [0.25, 0.3) is 11.8 Å². The highest BCUT2D eigenvalue weighted by Crippen LogP contribution is 2.37.